The van der Waals surface area contributed by atoms with Crippen LogP contribution in [-0.4, -0.2) is 47.1 Å². The lowest BCUT2D eigenvalue weighted by Crippen LogP contribution is -2.33. The average Bonchev–Trinajstić information content (AvgIpc) is 2.81. The van der Waals surface area contributed by atoms with Gasteiger partial charge in [0.25, 0.3) is 0 Å². The number of hydrogen-bond acceptors (Lipinski definition) is 6. The molecule has 1 saturated heterocycles. The van der Waals surface area contributed by atoms with E-state index < -0.39 is 17.5 Å². The Kier molecular flexibility index (Phi) is 6.19. The number of fused-ring (bicyclic) bond motifs is 1. The molecule has 2 aliphatic rings. The second kappa shape index (κ2) is 7.97. The smallest absolute Gasteiger partial charge is 0.337 e. The van der Waals surface area contributed by atoms with Gasteiger partial charge in [-0.1, -0.05) is 18.7 Å². The molecule has 6 heteroatoms. The molecule has 25 heavy (non-hydrogen) atoms. The van der Waals surface area contributed by atoms with Crippen LogP contribution >= 0.6 is 0 Å². The van der Waals surface area contributed by atoms with E-state index in [4.69, 9.17) is 9.47 Å². The number of aliphatic hydroxyl groups is 2. The Hall–Kier alpha value is -1.92. The quantitative estimate of drug-likeness (QED) is 0.456. The summed E-state index contributed by atoms with van der Waals surface area (Å²) in [5.41, 5.74) is 0.629. The molecule has 0 aromatic rings. The fourth-order valence-electron chi connectivity index (χ4n) is 2.94. The fourth-order valence-corrected chi connectivity index (χ4v) is 2.94. The Bertz CT molecular complexity index is 608. The first kappa shape index (κ1) is 19.4. The van der Waals surface area contributed by atoms with Gasteiger partial charge in [0.15, 0.2) is 5.60 Å². The number of aliphatic hydroxyl groups excluding tert-OH is 1. The molecule has 1 fully saturated rings. The number of ether oxygens (including phenoxy) is 2. The van der Waals surface area contributed by atoms with Crippen LogP contribution in [0.25, 0.3) is 0 Å². The summed E-state index contributed by atoms with van der Waals surface area (Å²) in [5.74, 6) is -1.23. The van der Waals surface area contributed by atoms with Crippen LogP contribution in [0.1, 0.15) is 39.5 Å². The Morgan fingerprint density at radius 3 is 2.76 bits per heavy atom. The lowest BCUT2D eigenvalue weighted by molar-refractivity contribution is -0.160. The Balaban J connectivity index is 2.13. The minimum absolute atomic E-state index is 0.0834. The predicted molar refractivity (Wildman–Crippen MR) is 91.5 cm³/mol. The maximum absolute atomic E-state index is 11.8. The predicted octanol–water partition coefficient (Wildman–Crippen LogP) is 1.82. The Labute approximate surface area is 147 Å². The van der Waals surface area contributed by atoms with E-state index in [0.717, 1.165) is 11.1 Å². The number of allylic oxidation sites excluding steroid dienone is 2. The van der Waals surface area contributed by atoms with Crippen LogP contribution < -0.4 is 0 Å². The third-order valence-electron chi connectivity index (χ3n) is 4.53. The average molecular weight is 350 g/mol. The molecule has 0 bridgehead atoms. The topological polar surface area (TPSA) is 93.1 Å². The molecule has 1 aliphatic heterocycles. The van der Waals surface area contributed by atoms with Crippen molar-refractivity contribution in [3.63, 3.8) is 0 Å². The molecule has 0 spiro atoms. The van der Waals surface area contributed by atoms with Crippen molar-refractivity contribution in [1.82, 2.24) is 0 Å². The molecule has 0 saturated carbocycles. The third-order valence-corrected chi connectivity index (χ3v) is 4.53. The number of hydrogen-bond donors (Lipinski definition) is 2. The number of esters is 2. The van der Waals surface area contributed by atoms with Crippen molar-refractivity contribution in [2.75, 3.05) is 13.2 Å². The van der Waals surface area contributed by atoms with Crippen molar-refractivity contribution in [1.29, 1.82) is 0 Å². The van der Waals surface area contributed by atoms with Gasteiger partial charge in [-0.05, 0) is 44.3 Å². The van der Waals surface area contributed by atoms with Gasteiger partial charge in [-0.3, -0.25) is 0 Å². The molecular weight excluding hydrogens is 324 g/mol. The third kappa shape index (κ3) is 5.03. The van der Waals surface area contributed by atoms with E-state index in [1.54, 1.807) is 0 Å². The maximum Gasteiger partial charge on any atom is 0.337 e. The molecule has 1 heterocycles. The van der Waals surface area contributed by atoms with Crippen LogP contribution in [0.4, 0.5) is 0 Å². The summed E-state index contributed by atoms with van der Waals surface area (Å²) in [6.07, 6.45) is 5.98. The summed E-state index contributed by atoms with van der Waals surface area (Å²) in [6.45, 7) is 6.58. The minimum Gasteiger partial charge on any atom is -0.459 e. The summed E-state index contributed by atoms with van der Waals surface area (Å²) in [5, 5.41) is 19.2. The van der Waals surface area contributed by atoms with Gasteiger partial charge in [0.1, 0.15) is 12.7 Å². The first-order chi connectivity index (χ1) is 11.7. The standard InChI is InChI=1S/C19H26O6/c1-12-15-8-7-13(11-24-18(22)19(2,3)23)5-4-6-14(10-20)9-16(15)25-17(12)21/h6-7,15-16,20,23H,1,4-5,8-11H2,2-3H3/b13-7-,14-6-/t15-,16-/m0/s1. The lowest BCUT2D eigenvalue weighted by Gasteiger charge is -2.20. The van der Waals surface area contributed by atoms with Crippen LogP contribution in [0, 0.1) is 5.92 Å². The molecule has 2 atom stereocenters. The van der Waals surface area contributed by atoms with E-state index >= 15 is 0 Å². The number of carbonyl (C=O) groups excluding carboxylic acids is 2. The SMILES string of the molecule is C=C1C(=O)O[C@H]2C/C(CO)=C/CC/C(COC(=O)C(C)(C)O)=C/C[C@@H]12. The molecule has 0 radical (unpaired) electrons. The highest BCUT2D eigenvalue weighted by molar-refractivity contribution is 5.90. The van der Waals surface area contributed by atoms with Crippen LogP contribution in [0.5, 0.6) is 0 Å². The molecule has 1 aliphatic carbocycles. The fraction of sp³-hybridized carbons (Fsp3) is 0.579. The molecule has 0 amide bonds. The van der Waals surface area contributed by atoms with Crippen molar-refractivity contribution in [2.45, 2.75) is 51.2 Å². The van der Waals surface area contributed by atoms with Crippen LogP contribution in [0.3, 0.4) is 0 Å². The second-order valence-corrected chi connectivity index (χ2v) is 7.07. The van der Waals surface area contributed by atoms with Gasteiger partial charge >= 0.3 is 11.9 Å². The van der Waals surface area contributed by atoms with Crippen molar-refractivity contribution in [3.8, 4) is 0 Å². The highest BCUT2D eigenvalue weighted by atomic mass is 16.6. The highest BCUT2D eigenvalue weighted by Crippen LogP contribution is 2.34. The summed E-state index contributed by atoms with van der Waals surface area (Å²) >= 11 is 0. The minimum atomic E-state index is -1.54. The lowest BCUT2D eigenvalue weighted by atomic mass is 9.87. The zero-order chi connectivity index (χ0) is 18.6. The van der Waals surface area contributed by atoms with Crippen molar-refractivity contribution in [2.24, 2.45) is 5.92 Å². The van der Waals surface area contributed by atoms with Gasteiger partial charge in [0, 0.05) is 17.9 Å². The summed E-state index contributed by atoms with van der Waals surface area (Å²) < 4.78 is 10.6. The van der Waals surface area contributed by atoms with Gasteiger partial charge in [-0.2, -0.15) is 0 Å². The van der Waals surface area contributed by atoms with Crippen molar-refractivity contribution < 1.29 is 29.3 Å². The molecule has 0 unspecified atom stereocenters. The summed E-state index contributed by atoms with van der Waals surface area (Å²) in [6, 6.07) is 0. The van der Waals surface area contributed by atoms with Crippen molar-refractivity contribution in [3.05, 3.63) is 35.5 Å². The van der Waals surface area contributed by atoms with Gasteiger partial charge < -0.3 is 19.7 Å². The largest absolute Gasteiger partial charge is 0.459 e. The molecule has 6 nitrogen and oxygen atoms in total. The van der Waals surface area contributed by atoms with Gasteiger partial charge in [0.2, 0.25) is 0 Å². The van der Waals surface area contributed by atoms with Crippen molar-refractivity contribution >= 4 is 11.9 Å². The van der Waals surface area contributed by atoms with Crippen LogP contribution in [0.2, 0.25) is 0 Å². The molecule has 138 valence electrons. The summed E-state index contributed by atoms with van der Waals surface area (Å²) in [4.78, 5) is 23.6. The monoisotopic (exact) mass is 350 g/mol. The normalized spacial score (nSPS) is 29.0. The van der Waals surface area contributed by atoms with Gasteiger partial charge in [-0.15, -0.1) is 0 Å². The first-order valence-corrected chi connectivity index (χ1v) is 8.48. The van der Waals surface area contributed by atoms with E-state index in [1.165, 1.54) is 13.8 Å². The zero-order valence-corrected chi connectivity index (χ0v) is 14.8. The van der Waals surface area contributed by atoms with E-state index in [9.17, 15) is 19.8 Å². The highest BCUT2D eigenvalue weighted by Gasteiger charge is 2.38. The summed E-state index contributed by atoms with van der Waals surface area (Å²) in [7, 11) is 0. The molecular formula is C19H26O6. The molecule has 2 rings (SSSR count). The van der Waals surface area contributed by atoms with Crippen LogP contribution in [0.15, 0.2) is 35.5 Å². The Morgan fingerprint density at radius 2 is 2.12 bits per heavy atom. The second-order valence-electron chi connectivity index (χ2n) is 7.07. The van der Waals surface area contributed by atoms with E-state index in [2.05, 4.69) is 6.58 Å². The van der Waals surface area contributed by atoms with Crippen LogP contribution in [-0.2, 0) is 19.1 Å². The number of rotatable bonds is 4. The van der Waals surface area contributed by atoms with Gasteiger partial charge in [-0.25, -0.2) is 9.59 Å². The first-order valence-electron chi connectivity index (χ1n) is 8.48. The van der Waals surface area contributed by atoms with Gasteiger partial charge in [0.05, 0.1) is 6.61 Å². The van der Waals surface area contributed by atoms with E-state index in [-0.39, 0.29) is 25.2 Å². The molecule has 0 aromatic carbocycles. The van der Waals surface area contributed by atoms with E-state index in [0.29, 0.717) is 31.3 Å². The maximum atomic E-state index is 11.8. The van der Waals surface area contributed by atoms with E-state index in [1.807, 2.05) is 12.2 Å². The zero-order valence-electron chi connectivity index (χ0n) is 14.8. The number of carbonyl (C=O) groups is 2. The Morgan fingerprint density at radius 1 is 1.40 bits per heavy atom. The molecule has 2 N–H and O–H groups in total. The molecule has 0 aromatic heterocycles.